The van der Waals surface area contributed by atoms with Crippen molar-refractivity contribution in [2.45, 2.75) is 45.3 Å². The first kappa shape index (κ1) is 18.7. The number of methoxy groups -OCH3 is 1. The second-order valence-electron chi connectivity index (χ2n) is 5.31. The molecule has 5 nitrogen and oxygen atoms in total. The molecule has 0 N–H and O–H groups in total. The molecule has 0 aliphatic heterocycles. The van der Waals surface area contributed by atoms with Crippen LogP contribution in [0.15, 0.2) is 11.8 Å². The molecule has 22 heavy (non-hydrogen) atoms. The molecule has 124 valence electrons. The maximum Gasteiger partial charge on any atom is 0.316 e. The van der Waals surface area contributed by atoms with Gasteiger partial charge in [-0.3, -0.25) is 14.4 Å². The highest BCUT2D eigenvalue weighted by Crippen LogP contribution is 2.36. The van der Waals surface area contributed by atoms with E-state index in [1.165, 1.54) is 13.2 Å². The fourth-order valence-electron chi connectivity index (χ4n) is 2.65. The van der Waals surface area contributed by atoms with Crippen LogP contribution >= 0.6 is 11.8 Å². The lowest BCUT2D eigenvalue weighted by atomic mass is 9.79. The van der Waals surface area contributed by atoms with Gasteiger partial charge in [0.2, 0.25) is 0 Å². The van der Waals surface area contributed by atoms with Crippen LogP contribution in [0.25, 0.3) is 0 Å². The largest absolute Gasteiger partial charge is 0.468 e. The number of esters is 2. The van der Waals surface area contributed by atoms with E-state index in [1.807, 2.05) is 0 Å². The second kappa shape index (κ2) is 8.98. The normalized spacial score (nSPS) is 22.7. The van der Waals surface area contributed by atoms with Crippen LogP contribution in [0.4, 0.5) is 0 Å². The van der Waals surface area contributed by atoms with E-state index in [0.29, 0.717) is 11.7 Å². The minimum Gasteiger partial charge on any atom is -0.468 e. The van der Waals surface area contributed by atoms with Crippen LogP contribution in [0.5, 0.6) is 0 Å². The van der Waals surface area contributed by atoms with Crippen LogP contribution in [-0.2, 0) is 23.9 Å². The zero-order valence-corrected chi connectivity index (χ0v) is 14.4. The lowest BCUT2D eigenvalue weighted by Crippen LogP contribution is -2.35. The van der Waals surface area contributed by atoms with E-state index in [0.717, 1.165) is 5.75 Å². The van der Waals surface area contributed by atoms with E-state index in [9.17, 15) is 14.4 Å². The number of allylic oxidation sites excluding steroid dienone is 1. The Bertz CT molecular complexity index is 457. The summed E-state index contributed by atoms with van der Waals surface area (Å²) in [6.45, 7) is 5.81. The van der Waals surface area contributed by atoms with Gasteiger partial charge in [0.1, 0.15) is 11.7 Å². The molecule has 0 saturated heterocycles. The van der Waals surface area contributed by atoms with Gasteiger partial charge in [-0.25, -0.2) is 0 Å². The lowest BCUT2D eigenvalue weighted by Gasteiger charge is -2.30. The smallest absolute Gasteiger partial charge is 0.316 e. The van der Waals surface area contributed by atoms with Gasteiger partial charge in [0.05, 0.1) is 7.11 Å². The maximum atomic E-state index is 12.1. The van der Waals surface area contributed by atoms with Crippen LogP contribution in [0.1, 0.15) is 40.0 Å². The fourth-order valence-corrected chi connectivity index (χ4v) is 3.60. The predicted molar refractivity (Wildman–Crippen MR) is 85.3 cm³/mol. The third-order valence-electron chi connectivity index (χ3n) is 3.61. The van der Waals surface area contributed by atoms with Gasteiger partial charge in [0, 0.05) is 24.2 Å². The Hall–Kier alpha value is -1.30. The van der Waals surface area contributed by atoms with Crippen molar-refractivity contribution in [3.8, 4) is 0 Å². The molecule has 0 fully saturated rings. The summed E-state index contributed by atoms with van der Waals surface area (Å²) in [5.74, 6) is -0.799. The van der Waals surface area contributed by atoms with Gasteiger partial charge in [-0.15, -0.1) is 0 Å². The molecular formula is C16H24O5S. The molecule has 1 aliphatic carbocycles. The van der Waals surface area contributed by atoms with Crippen molar-refractivity contribution >= 4 is 29.5 Å². The summed E-state index contributed by atoms with van der Waals surface area (Å²) in [6, 6.07) is 0. The molecule has 0 radical (unpaired) electrons. The number of carbonyl (C=O) groups excluding carboxylic acids is 3. The topological polar surface area (TPSA) is 69.7 Å². The zero-order valence-electron chi connectivity index (χ0n) is 13.6. The van der Waals surface area contributed by atoms with Crippen molar-refractivity contribution in [2.75, 3.05) is 12.9 Å². The van der Waals surface area contributed by atoms with Gasteiger partial charge < -0.3 is 9.47 Å². The number of hydrogen-bond donors (Lipinski definition) is 0. The molecular weight excluding hydrogens is 304 g/mol. The van der Waals surface area contributed by atoms with Crippen molar-refractivity contribution < 1.29 is 23.9 Å². The summed E-state index contributed by atoms with van der Waals surface area (Å²) in [6.07, 6.45) is 2.43. The third kappa shape index (κ3) is 5.16. The standard InChI is InChI=1S/C16H24O5S/c1-5-14(18)21-13-9-12(17)8-11(7-10(3)22-6-2)15(13)16(19)20-4/h9-11,15H,5-8H2,1-4H3. The van der Waals surface area contributed by atoms with Crippen molar-refractivity contribution in [3.05, 3.63) is 11.8 Å². The van der Waals surface area contributed by atoms with E-state index < -0.39 is 17.9 Å². The third-order valence-corrected chi connectivity index (χ3v) is 4.70. The average molecular weight is 328 g/mol. The first-order chi connectivity index (χ1) is 10.4. The van der Waals surface area contributed by atoms with E-state index >= 15 is 0 Å². The molecule has 0 spiro atoms. The molecule has 0 saturated carbocycles. The molecule has 0 aromatic rings. The SMILES string of the molecule is CCSC(C)CC1CC(=O)C=C(OC(=O)CC)C1C(=O)OC. The quantitative estimate of drug-likeness (QED) is 0.669. The maximum absolute atomic E-state index is 12.1. The highest BCUT2D eigenvalue weighted by molar-refractivity contribution is 7.99. The number of rotatable bonds is 7. The minimum atomic E-state index is -0.682. The van der Waals surface area contributed by atoms with Crippen LogP contribution < -0.4 is 0 Å². The van der Waals surface area contributed by atoms with Crippen LogP contribution in [0.3, 0.4) is 0 Å². The summed E-state index contributed by atoms with van der Waals surface area (Å²) >= 11 is 1.78. The number of carbonyl (C=O) groups is 3. The Morgan fingerprint density at radius 3 is 2.64 bits per heavy atom. The Labute approximate surface area is 135 Å². The second-order valence-corrected chi connectivity index (χ2v) is 7.02. The molecule has 0 aromatic heterocycles. The number of ether oxygens (including phenoxy) is 2. The first-order valence-electron chi connectivity index (χ1n) is 7.57. The summed E-state index contributed by atoms with van der Waals surface area (Å²) in [5.41, 5.74) is 0. The predicted octanol–water partition coefficient (Wildman–Crippen LogP) is 2.73. The van der Waals surface area contributed by atoms with Gasteiger partial charge in [-0.05, 0) is 18.1 Å². The molecule has 0 heterocycles. The molecule has 6 heteroatoms. The van der Waals surface area contributed by atoms with E-state index in [4.69, 9.17) is 9.47 Å². The highest BCUT2D eigenvalue weighted by atomic mass is 32.2. The summed E-state index contributed by atoms with van der Waals surface area (Å²) in [7, 11) is 1.30. The van der Waals surface area contributed by atoms with Gasteiger partial charge >= 0.3 is 11.9 Å². The van der Waals surface area contributed by atoms with Gasteiger partial charge in [-0.2, -0.15) is 11.8 Å². The zero-order chi connectivity index (χ0) is 16.7. The van der Waals surface area contributed by atoms with Crippen LogP contribution in [0, 0.1) is 11.8 Å². The molecule has 0 bridgehead atoms. The Kier molecular flexibility index (Phi) is 7.65. The van der Waals surface area contributed by atoms with Crippen LogP contribution in [0.2, 0.25) is 0 Å². The first-order valence-corrected chi connectivity index (χ1v) is 8.62. The van der Waals surface area contributed by atoms with E-state index in [2.05, 4.69) is 13.8 Å². The fraction of sp³-hybridized carbons (Fsp3) is 0.688. The molecule has 0 amide bonds. The summed E-state index contributed by atoms with van der Waals surface area (Å²) in [5, 5.41) is 0.316. The van der Waals surface area contributed by atoms with Gasteiger partial charge in [-0.1, -0.05) is 20.8 Å². The van der Waals surface area contributed by atoms with Gasteiger partial charge in [0.25, 0.3) is 0 Å². The van der Waals surface area contributed by atoms with Crippen LogP contribution in [-0.4, -0.2) is 35.8 Å². The van der Waals surface area contributed by atoms with E-state index in [-0.39, 0.29) is 30.3 Å². The van der Waals surface area contributed by atoms with Crippen molar-refractivity contribution in [3.63, 3.8) is 0 Å². The Morgan fingerprint density at radius 1 is 1.41 bits per heavy atom. The molecule has 1 rings (SSSR count). The summed E-state index contributed by atoms with van der Waals surface area (Å²) in [4.78, 5) is 35.6. The minimum absolute atomic E-state index is 0.113. The molecule has 3 unspecified atom stereocenters. The van der Waals surface area contributed by atoms with Crippen molar-refractivity contribution in [1.82, 2.24) is 0 Å². The Morgan fingerprint density at radius 2 is 2.09 bits per heavy atom. The molecule has 3 atom stereocenters. The van der Waals surface area contributed by atoms with Crippen molar-refractivity contribution in [1.29, 1.82) is 0 Å². The number of ketones is 1. The molecule has 0 aromatic carbocycles. The Balaban J connectivity index is 3.00. The number of thioether (sulfide) groups is 1. The number of hydrogen-bond acceptors (Lipinski definition) is 6. The van der Waals surface area contributed by atoms with Crippen molar-refractivity contribution in [2.24, 2.45) is 11.8 Å². The summed E-state index contributed by atoms with van der Waals surface area (Å²) < 4.78 is 10.1. The molecule has 1 aliphatic rings. The average Bonchev–Trinajstić information content (AvgIpc) is 2.46. The monoisotopic (exact) mass is 328 g/mol. The lowest BCUT2D eigenvalue weighted by molar-refractivity contribution is -0.150. The van der Waals surface area contributed by atoms with Gasteiger partial charge in [0.15, 0.2) is 5.78 Å². The highest BCUT2D eigenvalue weighted by Gasteiger charge is 2.40. The van der Waals surface area contributed by atoms with E-state index in [1.54, 1.807) is 18.7 Å².